The molecule has 1 aromatic rings. The quantitative estimate of drug-likeness (QED) is 0.689. The first kappa shape index (κ1) is 19.6. The SMILES string of the molecule is CCCN(CCC)C(=O)C1(C(=O)N2CCN(c3ccccc3F)CC2)CC1. The number of halogens is 1. The van der Waals surface area contributed by atoms with E-state index in [-0.39, 0.29) is 17.6 Å². The number of para-hydroxylation sites is 1. The molecular formula is C21H30FN3O2. The summed E-state index contributed by atoms with van der Waals surface area (Å²) in [6.07, 6.45) is 3.11. The van der Waals surface area contributed by atoms with Crippen molar-refractivity contribution in [2.45, 2.75) is 39.5 Å². The van der Waals surface area contributed by atoms with Crippen LogP contribution in [0.15, 0.2) is 24.3 Å². The Hall–Kier alpha value is -2.11. The van der Waals surface area contributed by atoms with Gasteiger partial charge in [-0.2, -0.15) is 0 Å². The minimum Gasteiger partial charge on any atom is -0.366 e. The molecule has 0 radical (unpaired) electrons. The van der Waals surface area contributed by atoms with E-state index in [9.17, 15) is 14.0 Å². The third-order valence-corrected chi connectivity index (χ3v) is 5.60. The third kappa shape index (κ3) is 3.94. The number of rotatable bonds is 7. The topological polar surface area (TPSA) is 43.9 Å². The molecule has 0 unspecified atom stereocenters. The molecule has 2 aliphatic rings. The summed E-state index contributed by atoms with van der Waals surface area (Å²) in [6.45, 7) is 7.77. The van der Waals surface area contributed by atoms with Crippen molar-refractivity contribution in [2.75, 3.05) is 44.2 Å². The summed E-state index contributed by atoms with van der Waals surface area (Å²) in [5, 5.41) is 0. The van der Waals surface area contributed by atoms with Gasteiger partial charge >= 0.3 is 0 Å². The molecular weight excluding hydrogens is 345 g/mol. The molecule has 148 valence electrons. The van der Waals surface area contributed by atoms with Crippen LogP contribution in [0.3, 0.4) is 0 Å². The lowest BCUT2D eigenvalue weighted by Gasteiger charge is -2.38. The van der Waals surface area contributed by atoms with E-state index in [2.05, 4.69) is 13.8 Å². The van der Waals surface area contributed by atoms with Crippen molar-refractivity contribution in [3.05, 3.63) is 30.1 Å². The van der Waals surface area contributed by atoms with Crippen molar-refractivity contribution in [1.29, 1.82) is 0 Å². The average Bonchev–Trinajstić information content (AvgIpc) is 3.49. The summed E-state index contributed by atoms with van der Waals surface area (Å²) < 4.78 is 14.0. The standard InChI is InChI=1S/C21H30FN3O2/c1-3-11-24(12-4-2)19(26)21(9-10-21)20(27)25-15-13-23(14-16-25)18-8-6-5-7-17(18)22/h5-8H,3-4,9-16H2,1-2H3. The van der Waals surface area contributed by atoms with E-state index in [1.165, 1.54) is 6.07 Å². The number of hydrogen-bond donors (Lipinski definition) is 0. The molecule has 0 atom stereocenters. The molecule has 1 aliphatic heterocycles. The molecule has 3 rings (SSSR count). The third-order valence-electron chi connectivity index (χ3n) is 5.60. The molecule has 0 spiro atoms. The second kappa shape index (κ2) is 8.28. The first-order valence-electron chi connectivity index (χ1n) is 10.1. The zero-order chi connectivity index (χ0) is 19.4. The number of anilines is 1. The molecule has 2 amide bonds. The van der Waals surface area contributed by atoms with Gasteiger partial charge in [0.25, 0.3) is 0 Å². The number of hydrogen-bond acceptors (Lipinski definition) is 3. The molecule has 0 bridgehead atoms. The van der Waals surface area contributed by atoms with Crippen LogP contribution in [0.2, 0.25) is 0 Å². The van der Waals surface area contributed by atoms with Gasteiger partial charge in [-0.3, -0.25) is 9.59 Å². The van der Waals surface area contributed by atoms with Crippen molar-refractivity contribution in [2.24, 2.45) is 5.41 Å². The van der Waals surface area contributed by atoms with Gasteiger partial charge in [0.1, 0.15) is 11.2 Å². The normalized spacial score (nSPS) is 18.3. The summed E-state index contributed by atoms with van der Waals surface area (Å²) in [6, 6.07) is 6.73. The fourth-order valence-corrected chi connectivity index (χ4v) is 3.96. The van der Waals surface area contributed by atoms with Gasteiger partial charge in [-0.15, -0.1) is 0 Å². The molecule has 1 aliphatic carbocycles. The van der Waals surface area contributed by atoms with Crippen molar-refractivity contribution in [3.8, 4) is 0 Å². The Bertz CT molecular complexity index is 676. The number of carbonyl (C=O) groups is 2. The molecule has 1 aromatic carbocycles. The van der Waals surface area contributed by atoms with Crippen LogP contribution in [0.4, 0.5) is 10.1 Å². The zero-order valence-electron chi connectivity index (χ0n) is 16.4. The lowest BCUT2D eigenvalue weighted by Crippen LogP contribution is -2.54. The minimum absolute atomic E-state index is 0.00716. The Morgan fingerprint density at radius 2 is 1.63 bits per heavy atom. The molecule has 1 saturated carbocycles. The Morgan fingerprint density at radius 3 is 2.15 bits per heavy atom. The highest BCUT2D eigenvalue weighted by molar-refractivity contribution is 6.07. The average molecular weight is 375 g/mol. The van der Waals surface area contributed by atoms with Crippen LogP contribution >= 0.6 is 0 Å². The zero-order valence-corrected chi connectivity index (χ0v) is 16.4. The molecule has 0 N–H and O–H groups in total. The summed E-state index contributed by atoms with van der Waals surface area (Å²) in [5.41, 5.74) is -0.247. The summed E-state index contributed by atoms with van der Waals surface area (Å²) >= 11 is 0. The molecule has 1 saturated heterocycles. The van der Waals surface area contributed by atoms with Crippen LogP contribution in [0.5, 0.6) is 0 Å². The van der Waals surface area contributed by atoms with E-state index in [4.69, 9.17) is 0 Å². The van der Waals surface area contributed by atoms with Gasteiger partial charge in [0.05, 0.1) is 5.69 Å². The van der Waals surface area contributed by atoms with Crippen molar-refractivity contribution in [3.63, 3.8) is 0 Å². The molecule has 1 heterocycles. The lowest BCUT2D eigenvalue weighted by molar-refractivity contribution is -0.149. The van der Waals surface area contributed by atoms with Gasteiger partial charge in [0.2, 0.25) is 11.8 Å². The highest BCUT2D eigenvalue weighted by Crippen LogP contribution is 2.49. The predicted molar refractivity (Wildman–Crippen MR) is 104 cm³/mol. The number of carbonyl (C=O) groups excluding carboxylic acids is 2. The van der Waals surface area contributed by atoms with Crippen LogP contribution < -0.4 is 4.90 Å². The fourth-order valence-electron chi connectivity index (χ4n) is 3.96. The summed E-state index contributed by atoms with van der Waals surface area (Å²) in [4.78, 5) is 31.8. The van der Waals surface area contributed by atoms with E-state index in [0.29, 0.717) is 57.8 Å². The van der Waals surface area contributed by atoms with E-state index < -0.39 is 5.41 Å². The van der Waals surface area contributed by atoms with Gasteiger partial charge in [-0.25, -0.2) is 4.39 Å². The summed E-state index contributed by atoms with van der Waals surface area (Å²) in [5.74, 6) is -0.258. The number of amides is 2. The van der Waals surface area contributed by atoms with E-state index in [1.54, 1.807) is 17.0 Å². The second-order valence-electron chi connectivity index (χ2n) is 7.60. The molecule has 2 fully saturated rings. The first-order valence-corrected chi connectivity index (χ1v) is 10.1. The highest BCUT2D eigenvalue weighted by Gasteiger charge is 2.59. The monoisotopic (exact) mass is 375 g/mol. The second-order valence-corrected chi connectivity index (χ2v) is 7.60. The van der Waals surface area contributed by atoms with Crippen LogP contribution in [-0.2, 0) is 9.59 Å². The highest BCUT2D eigenvalue weighted by atomic mass is 19.1. The Kier molecular flexibility index (Phi) is 6.02. The van der Waals surface area contributed by atoms with Gasteiger partial charge in [-0.1, -0.05) is 26.0 Å². The van der Waals surface area contributed by atoms with E-state index in [0.717, 1.165) is 12.8 Å². The Morgan fingerprint density at radius 1 is 1.04 bits per heavy atom. The van der Waals surface area contributed by atoms with Gasteiger partial charge < -0.3 is 14.7 Å². The molecule has 27 heavy (non-hydrogen) atoms. The van der Waals surface area contributed by atoms with Crippen LogP contribution in [0.25, 0.3) is 0 Å². The Balaban J connectivity index is 1.63. The maximum Gasteiger partial charge on any atom is 0.238 e. The van der Waals surface area contributed by atoms with Gasteiger partial charge in [0.15, 0.2) is 0 Å². The largest absolute Gasteiger partial charge is 0.366 e. The first-order chi connectivity index (χ1) is 13.0. The van der Waals surface area contributed by atoms with Crippen LogP contribution in [0.1, 0.15) is 39.5 Å². The lowest BCUT2D eigenvalue weighted by atomic mass is 10.0. The molecule has 0 aromatic heterocycles. The maximum absolute atomic E-state index is 14.0. The van der Waals surface area contributed by atoms with E-state index in [1.807, 2.05) is 15.9 Å². The van der Waals surface area contributed by atoms with Gasteiger partial charge in [-0.05, 0) is 37.8 Å². The number of piperazine rings is 1. The number of nitrogens with zero attached hydrogens (tertiary/aromatic N) is 3. The predicted octanol–water partition coefficient (Wildman–Crippen LogP) is 2.90. The van der Waals surface area contributed by atoms with Crippen molar-refractivity contribution in [1.82, 2.24) is 9.80 Å². The minimum atomic E-state index is -0.829. The fraction of sp³-hybridized carbons (Fsp3) is 0.619. The smallest absolute Gasteiger partial charge is 0.238 e. The van der Waals surface area contributed by atoms with Crippen molar-refractivity contribution < 1.29 is 14.0 Å². The van der Waals surface area contributed by atoms with Gasteiger partial charge in [0, 0.05) is 39.3 Å². The summed E-state index contributed by atoms with van der Waals surface area (Å²) in [7, 11) is 0. The Labute approximate surface area is 161 Å². The van der Waals surface area contributed by atoms with Crippen LogP contribution in [0, 0.1) is 11.2 Å². The molecule has 6 heteroatoms. The maximum atomic E-state index is 14.0. The van der Waals surface area contributed by atoms with Crippen molar-refractivity contribution >= 4 is 17.5 Å². The van der Waals surface area contributed by atoms with E-state index >= 15 is 0 Å². The number of benzene rings is 1. The van der Waals surface area contributed by atoms with Crippen LogP contribution in [-0.4, -0.2) is 60.9 Å². The molecule has 5 nitrogen and oxygen atoms in total.